The molecule has 2 nitrogen and oxygen atoms in total. The van der Waals surface area contributed by atoms with Gasteiger partial charge in [-0.1, -0.05) is 43.5 Å². The lowest BCUT2D eigenvalue weighted by atomic mass is 9.89. The fraction of sp³-hybridized carbons (Fsp3) is 0.500. The van der Waals surface area contributed by atoms with Gasteiger partial charge in [0.15, 0.2) is 5.58 Å². The van der Waals surface area contributed by atoms with Crippen LogP contribution in [0.15, 0.2) is 28.7 Å². The summed E-state index contributed by atoms with van der Waals surface area (Å²) < 4.78 is 6.02. The van der Waals surface area contributed by atoms with Crippen molar-refractivity contribution < 1.29 is 4.42 Å². The van der Waals surface area contributed by atoms with E-state index in [1.54, 1.807) is 0 Å². The Kier molecular flexibility index (Phi) is 3.55. The Labute approximate surface area is 119 Å². The molecule has 1 aromatic heterocycles. The molecule has 1 N–H and O–H groups in total. The van der Waals surface area contributed by atoms with Crippen LogP contribution in [0.4, 0.5) is 0 Å². The number of furan rings is 1. The van der Waals surface area contributed by atoms with Crippen molar-refractivity contribution in [3.63, 3.8) is 0 Å². The molecule has 0 aliphatic heterocycles. The molecule has 3 atom stereocenters. The van der Waals surface area contributed by atoms with Gasteiger partial charge in [0, 0.05) is 5.39 Å². The molecule has 1 aliphatic carbocycles. The van der Waals surface area contributed by atoms with Gasteiger partial charge in [-0.15, -0.1) is 0 Å². The first-order chi connectivity index (χ1) is 9.20. The number of hydrogen-bond acceptors (Lipinski definition) is 2. The lowest BCUT2D eigenvalue weighted by molar-refractivity contribution is 0.282. The number of para-hydroxylation sites is 1. The smallest absolute Gasteiger partial charge is 0.152 e. The van der Waals surface area contributed by atoms with Gasteiger partial charge >= 0.3 is 0 Å². The third-order valence-electron chi connectivity index (χ3n) is 4.49. The first-order valence-electron chi connectivity index (χ1n) is 7.06. The summed E-state index contributed by atoms with van der Waals surface area (Å²) in [6.45, 7) is 2.34. The quantitative estimate of drug-likeness (QED) is 0.873. The van der Waals surface area contributed by atoms with Gasteiger partial charge in [-0.05, 0) is 37.4 Å². The number of benzene rings is 1. The van der Waals surface area contributed by atoms with E-state index in [1.807, 2.05) is 19.2 Å². The van der Waals surface area contributed by atoms with Crippen LogP contribution in [-0.4, -0.2) is 7.05 Å². The van der Waals surface area contributed by atoms with Crippen molar-refractivity contribution in [1.82, 2.24) is 5.32 Å². The molecular formula is C16H20ClNO. The number of nitrogens with one attached hydrogen (secondary N) is 1. The average Bonchev–Trinajstić information content (AvgIpc) is 2.99. The Balaban J connectivity index is 1.99. The lowest BCUT2D eigenvalue weighted by Gasteiger charge is -2.24. The molecule has 1 aromatic carbocycles. The average molecular weight is 278 g/mol. The Hall–Kier alpha value is -0.990. The number of rotatable bonds is 3. The molecule has 19 heavy (non-hydrogen) atoms. The van der Waals surface area contributed by atoms with Crippen LogP contribution >= 0.6 is 11.6 Å². The van der Waals surface area contributed by atoms with Crippen LogP contribution in [0.1, 0.15) is 38.0 Å². The van der Waals surface area contributed by atoms with Crippen LogP contribution in [0.2, 0.25) is 5.02 Å². The molecule has 0 spiro atoms. The van der Waals surface area contributed by atoms with Crippen molar-refractivity contribution >= 4 is 22.6 Å². The highest BCUT2D eigenvalue weighted by Crippen LogP contribution is 2.41. The van der Waals surface area contributed by atoms with E-state index in [-0.39, 0.29) is 0 Å². The molecule has 3 unspecified atom stereocenters. The van der Waals surface area contributed by atoms with Crippen molar-refractivity contribution in [2.45, 2.75) is 32.2 Å². The van der Waals surface area contributed by atoms with Gasteiger partial charge in [0.1, 0.15) is 5.76 Å². The number of hydrogen-bond donors (Lipinski definition) is 1. The van der Waals surface area contributed by atoms with E-state index in [2.05, 4.69) is 24.4 Å². The Morgan fingerprint density at radius 1 is 1.37 bits per heavy atom. The third-order valence-corrected chi connectivity index (χ3v) is 4.79. The molecule has 0 bridgehead atoms. The van der Waals surface area contributed by atoms with Gasteiger partial charge in [0.05, 0.1) is 11.1 Å². The second-order valence-electron chi connectivity index (χ2n) is 5.65. The second-order valence-corrected chi connectivity index (χ2v) is 6.05. The highest BCUT2D eigenvalue weighted by atomic mass is 35.5. The van der Waals surface area contributed by atoms with Gasteiger partial charge in [-0.25, -0.2) is 0 Å². The molecule has 2 aromatic rings. The molecule has 1 aliphatic rings. The topological polar surface area (TPSA) is 25.2 Å². The largest absolute Gasteiger partial charge is 0.458 e. The van der Waals surface area contributed by atoms with Crippen molar-refractivity contribution in [3.05, 3.63) is 35.0 Å². The highest BCUT2D eigenvalue weighted by molar-refractivity contribution is 6.34. The van der Waals surface area contributed by atoms with E-state index >= 15 is 0 Å². The predicted octanol–water partition coefficient (Wildman–Crippen LogP) is 4.78. The van der Waals surface area contributed by atoms with Crippen molar-refractivity contribution in [3.8, 4) is 0 Å². The maximum absolute atomic E-state index is 6.19. The minimum absolute atomic E-state index is 0.293. The van der Waals surface area contributed by atoms with E-state index in [1.165, 1.54) is 19.3 Å². The molecule has 0 radical (unpaired) electrons. The molecule has 3 heteroatoms. The second kappa shape index (κ2) is 5.18. The first kappa shape index (κ1) is 13.0. The maximum atomic E-state index is 6.19. The minimum Gasteiger partial charge on any atom is -0.458 e. The fourth-order valence-corrected chi connectivity index (χ4v) is 3.66. The van der Waals surface area contributed by atoms with Gasteiger partial charge in [-0.2, -0.15) is 0 Å². The number of fused-ring (bicyclic) bond motifs is 1. The summed E-state index contributed by atoms with van der Waals surface area (Å²) in [7, 11) is 2.02. The Bertz CT molecular complexity index is 577. The van der Waals surface area contributed by atoms with Crippen LogP contribution in [0, 0.1) is 11.8 Å². The maximum Gasteiger partial charge on any atom is 0.152 e. The molecule has 102 valence electrons. The summed E-state index contributed by atoms with van der Waals surface area (Å²) in [5.41, 5.74) is 0.810. The van der Waals surface area contributed by atoms with Crippen molar-refractivity contribution in [2.24, 2.45) is 11.8 Å². The third kappa shape index (κ3) is 2.28. The summed E-state index contributed by atoms with van der Waals surface area (Å²) in [6, 6.07) is 8.33. The van der Waals surface area contributed by atoms with Crippen LogP contribution in [0.5, 0.6) is 0 Å². The summed E-state index contributed by atoms with van der Waals surface area (Å²) in [6.07, 6.45) is 3.92. The van der Waals surface area contributed by atoms with E-state index in [0.29, 0.717) is 17.0 Å². The molecule has 1 fully saturated rings. The predicted molar refractivity (Wildman–Crippen MR) is 79.5 cm³/mol. The first-order valence-corrected chi connectivity index (χ1v) is 7.43. The zero-order valence-corrected chi connectivity index (χ0v) is 12.2. The summed E-state index contributed by atoms with van der Waals surface area (Å²) in [5, 5.41) is 5.22. The van der Waals surface area contributed by atoms with Crippen LogP contribution in [0.25, 0.3) is 11.0 Å². The van der Waals surface area contributed by atoms with Crippen molar-refractivity contribution in [2.75, 3.05) is 7.05 Å². The normalized spacial score (nSPS) is 25.0. The summed E-state index contributed by atoms with van der Waals surface area (Å²) >= 11 is 6.19. The molecule has 1 saturated carbocycles. The Morgan fingerprint density at radius 3 is 2.84 bits per heavy atom. The Morgan fingerprint density at radius 2 is 2.21 bits per heavy atom. The zero-order valence-electron chi connectivity index (χ0n) is 11.4. The standard InChI is InChI=1S/C16H20ClNO/c1-10-5-3-7-12(10)15(18-2)14-9-11-6-4-8-13(17)16(11)19-14/h4,6,8-10,12,15,18H,3,5,7H2,1-2H3. The van der Waals surface area contributed by atoms with Gasteiger partial charge < -0.3 is 9.73 Å². The van der Waals surface area contributed by atoms with Gasteiger partial charge in [-0.3, -0.25) is 0 Å². The van der Waals surface area contributed by atoms with Gasteiger partial charge in [0.2, 0.25) is 0 Å². The van der Waals surface area contributed by atoms with Crippen LogP contribution in [-0.2, 0) is 0 Å². The van der Waals surface area contributed by atoms with E-state index in [4.69, 9.17) is 16.0 Å². The van der Waals surface area contributed by atoms with E-state index < -0.39 is 0 Å². The van der Waals surface area contributed by atoms with Crippen LogP contribution < -0.4 is 5.32 Å². The summed E-state index contributed by atoms with van der Waals surface area (Å²) in [4.78, 5) is 0. The molecule has 1 heterocycles. The molecule has 3 rings (SSSR count). The minimum atomic E-state index is 0.293. The van der Waals surface area contributed by atoms with E-state index in [9.17, 15) is 0 Å². The zero-order chi connectivity index (χ0) is 13.4. The molecule has 0 amide bonds. The van der Waals surface area contributed by atoms with Crippen LogP contribution in [0.3, 0.4) is 0 Å². The van der Waals surface area contributed by atoms with E-state index in [0.717, 1.165) is 22.6 Å². The summed E-state index contributed by atoms with van der Waals surface area (Å²) in [5.74, 6) is 2.43. The number of halogens is 1. The van der Waals surface area contributed by atoms with Crippen molar-refractivity contribution in [1.29, 1.82) is 0 Å². The fourth-order valence-electron chi connectivity index (χ4n) is 3.44. The lowest BCUT2D eigenvalue weighted by Crippen LogP contribution is -2.26. The molecular weight excluding hydrogens is 258 g/mol. The monoisotopic (exact) mass is 277 g/mol. The molecule has 0 saturated heterocycles. The highest BCUT2D eigenvalue weighted by Gasteiger charge is 2.32. The van der Waals surface area contributed by atoms with Gasteiger partial charge in [0.25, 0.3) is 0 Å². The SMILES string of the molecule is CNC(c1cc2cccc(Cl)c2o1)C1CCCC1C.